The van der Waals surface area contributed by atoms with Gasteiger partial charge in [-0.3, -0.25) is 14.8 Å². The third-order valence-electron chi connectivity index (χ3n) is 4.90. The molecule has 0 radical (unpaired) electrons. The number of nitrogens with one attached hydrogen (secondary N) is 1. The number of benzene rings is 2. The maximum absolute atomic E-state index is 12.1. The van der Waals surface area contributed by atoms with E-state index in [1.54, 1.807) is 18.6 Å². The standard InChI is InChI=1S/C23H23N3O2/c27-23(8-4-7-17-5-2-1-3-6-17)26-15-20-14-19-13-18(9-10-22(19)28-20)21-16-24-11-12-25-21/h1-3,5-6,9-13,16,20H,4,7-8,14-15H2,(H,26,27)/t20-/m1/s1. The maximum atomic E-state index is 12.1. The summed E-state index contributed by atoms with van der Waals surface area (Å²) < 4.78 is 5.97. The van der Waals surface area contributed by atoms with Gasteiger partial charge in [0.15, 0.2) is 0 Å². The Kier molecular flexibility index (Phi) is 5.61. The predicted molar refractivity (Wildman–Crippen MR) is 108 cm³/mol. The Morgan fingerprint density at radius 2 is 2.04 bits per heavy atom. The summed E-state index contributed by atoms with van der Waals surface area (Å²) in [7, 11) is 0. The van der Waals surface area contributed by atoms with Gasteiger partial charge in [0.25, 0.3) is 0 Å². The lowest BCUT2D eigenvalue weighted by Crippen LogP contribution is -2.34. The molecule has 0 fully saturated rings. The molecule has 0 bridgehead atoms. The molecule has 142 valence electrons. The minimum absolute atomic E-state index is 0.0230. The fourth-order valence-corrected chi connectivity index (χ4v) is 3.46. The average Bonchev–Trinajstić information content (AvgIpc) is 3.16. The highest BCUT2D eigenvalue weighted by Gasteiger charge is 2.23. The van der Waals surface area contributed by atoms with Crippen LogP contribution >= 0.6 is 0 Å². The molecule has 5 heteroatoms. The summed E-state index contributed by atoms with van der Waals surface area (Å²) in [4.78, 5) is 20.6. The average molecular weight is 373 g/mol. The van der Waals surface area contributed by atoms with Crippen LogP contribution in [-0.4, -0.2) is 28.5 Å². The van der Waals surface area contributed by atoms with Crippen molar-refractivity contribution in [2.75, 3.05) is 6.54 Å². The zero-order chi connectivity index (χ0) is 19.2. The first kappa shape index (κ1) is 18.2. The number of fused-ring (bicyclic) bond motifs is 1. The molecule has 0 aliphatic carbocycles. The summed E-state index contributed by atoms with van der Waals surface area (Å²) in [5.41, 5.74) is 4.29. The lowest BCUT2D eigenvalue weighted by molar-refractivity contribution is -0.121. The topological polar surface area (TPSA) is 64.1 Å². The van der Waals surface area contributed by atoms with Crippen LogP contribution < -0.4 is 10.1 Å². The molecule has 5 nitrogen and oxygen atoms in total. The van der Waals surface area contributed by atoms with Gasteiger partial charge in [-0.1, -0.05) is 30.3 Å². The molecule has 0 saturated heterocycles. The van der Waals surface area contributed by atoms with Crippen molar-refractivity contribution in [3.05, 3.63) is 78.2 Å². The van der Waals surface area contributed by atoms with Crippen molar-refractivity contribution in [1.82, 2.24) is 15.3 Å². The zero-order valence-electron chi connectivity index (χ0n) is 15.7. The Morgan fingerprint density at radius 1 is 1.14 bits per heavy atom. The van der Waals surface area contributed by atoms with Crippen LogP contribution in [0.3, 0.4) is 0 Å². The predicted octanol–water partition coefficient (Wildman–Crippen LogP) is 3.59. The van der Waals surface area contributed by atoms with Crippen LogP contribution in [0.4, 0.5) is 0 Å². The number of rotatable bonds is 7. The summed E-state index contributed by atoms with van der Waals surface area (Å²) in [6, 6.07) is 16.3. The van der Waals surface area contributed by atoms with Gasteiger partial charge in [0.05, 0.1) is 18.4 Å². The van der Waals surface area contributed by atoms with Gasteiger partial charge >= 0.3 is 0 Å². The fraction of sp³-hybridized carbons (Fsp3) is 0.261. The Balaban J connectivity index is 1.24. The van der Waals surface area contributed by atoms with Crippen LogP contribution in [0.1, 0.15) is 24.0 Å². The first-order valence-electron chi connectivity index (χ1n) is 9.64. The second kappa shape index (κ2) is 8.65. The highest BCUT2D eigenvalue weighted by Crippen LogP contribution is 2.32. The van der Waals surface area contributed by atoms with Crippen LogP contribution in [0.5, 0.6) is 5.75 Å². The summed E-state index contributed by atoms with van der Waals surface area (Å²) in [5.74, 6) is 0.965. The van der Waals surface area contributed by atoms with E-state index in [1.165, 1.54) is 5.56 Å². The van der Waals surface area contributed by atoms with E-state index >= 15 is 0 Å². The molecule has 4 rings (SSSR count). The molecule has 2 aromatic carbocycles. The molecule has 1 aliphatic rings. The van der Waals surface area contributed by atoms with Crippen molar-refractivity contribution in [2.45, 2.75) is 31.8 Å². The summed E-state index contributed by atoms with van der Waals surface area (Å²) in [6.45, 7) is 0.527. The van der Waals surface area contributed by atoms with Gasteiger partial charge in [-0.15, -0.1) is 0 Å². The largest absolute Gasteiger partial charge is 0.488 e. The summed E-state index contributed by atoms with van der Waals surface area (Å²) >= 11 is 0. The van der Waals surface area contributed by atoms with Crippen LogP contribution in [-0.2, 0) is 17.6 Å². The highest BCUT2D eigenvalue weighted by atomic mass is 16.5. The Hall–Kier alpha value is -3.21. The van der Waals surface area contributed by atoms with E-state index in [-0.39, 0.29) is 12.0 Å². The van der Waals surface area contributed by atoms with Crippen LogP contribution in [0, 0.1) is 0 Å². The van der Waals surface area contributed by atoms with Crippen LogP contribution in [0.25, 0.3) is 11.3 Å². The molecule has 2 heterocycles. The third-order valence-corrected chi connectivity index (χ3v) is 4.90. The van der Waals surface area contributed by atoms with E-state index < -0.39 is 0 Å². The molecule has 3 aromatic rings. The number of carbonyl (C=O) groups is 1. The van der Waals surface area contributed by atoms with Gasteiger partial charge in [0, 0.05) is 30.8 Å². The molecule has 1 aliphatic heterocycles. The lowest BCUT2D eigenvalue weighted by atomic mass is 10.0. The lowest BCUT2D eigenvalue weighted by Gasteiger charge is -2.12. The van der Waals surface area contributed by atoms with Gasteiger partial charge in [0.2, 0.25) is 5.91 Å². The monoisotopic (exact) mass is 373 g/mol. The summed E-state index contributed by atoms with van der Waals surface area (Å²) in [5, 5.41) is 3.01. The van der Waals surface area contributed by atoms with Crippen molar-refractivity contribution in [2.24, 2.45) is 0 Å². The zero-order valence-corrected chi connectivity index (χ0v) is 15.7. The SMILES string of the molecule is O=C(CCCc1ccccc1)NC[C@H]1Cc2cc(-c3cnccn3)ccc2O1. The minimum atomic E-state index is -0.0230. The van der Waals surface area contributed by atoms with Gasteiger partial charge < -0.3 is 10.1 Å². The molecule has 0 unspecified atom stereocenters. The number of ether oxygens (including phenoxy) is 1. The fourth-order valence-electron chi connectivity index (χ4n) is 3.46. The van der Waals surface area contributed by atoms with Gasteiger partial charge in [-0.05, 0) is 42.2 Å². The Labute approximate surface area is 164 Å². The molecule has 1 aromatic heterocycles. The van der Waals surface area contributed by atoms with E-state index in [1.807, 2.05) is 30.3 Å². The molecule has 1 atom stereocenters. The smallest absolute Gasteiger partial charge is 0.220 e. The minimum Gasteiger partial charge on any atom is -0.488 e. The van der Waals surface area contributed by atoms with Crippen molar-refractivity contribution in [3.63, 3.8) is 0 Å². The van der Waals surface area contributed by atoms with Gasteiger partial charge in [-0.25, -0.2) is 0 Å². The second-order valence-electron chi connectivity index (χ2n) is 7.00. The highest BCUT2D eigenvalue weighted by molar-refractivity contribution is 5.75. The van der Waals surface area contributed by atoms with Crippen molar-refractivity contribution < 1.29 is 9.53 Å². The Bertz CT molecular complexity index is 929. The quantitative estimate of drug-likeness (QED) is 0.687. The molecule has 1 amide bonds. The Morgan fingerprint density at radius 3 is 2.86 bits per heavy atom. The van der Waals surface area contributed by atoms with Gasteiger partial charge in [0.1, 0.15) is 11.9 Å². The second-order valence-corrected chi connectivity index (χ2v) is 7.00. The number of hydrogen-bond donors (Lipinski definition) is 1. The molecule has 1 N–H and O–H groups in total. The third kappa shape index (κ3) is 4.55. The first-order valence-corrected chi connectivity index (χ1v) is 9.64. The molecule has 0 saturated carbocycles. The van der Waals surface area contributed by atoms with Crippen LogP contribution in [0.15, 0.2) is 67.1 Å². The number of aromatic nitrogens is 2. The van der Waals surface area contributed by atoms with E-state index in [4.69, 9.17) is 4.74 Å². The van der Waals surface area contributed by atoms with E-state index in [0.29, 0.717) is 13.0 Å². The normalized spacial score (nSPS) is 14.9. The first-order chi connectivity index (χ1) is 13.8. The molecular formula is C23H23N3O2. The van der Waals surface area contributed by atoms with Crippen molar-refractivity contribution in [1.29, 1.82) is 0 Å². The van der Waals surface area contributed by atoms with Crippen LogP contribution in [0.2, 0.25) is 0 Å². The number of aryl methyl sites for hydroxylation is 1. The van der Waals surface area contributed by atoms with Gasteiger partial charge in [-0.2, -0.15) is 0 Å². The maximum Gasteiger partial charge on any atom is 0.220 e. The molecule has 0 spiro atoms. The summed E-state index contributed by atoms with van der Waals surface area (Å²) in [6.07, 6.45) is 8.18. The number of nitrogens with zero attached hydrogens (tertiary/aromatic N) is 2. The van der Waals surface area contributed by atoms with E-state index in [9.17, 15) is 4.79 Å². The van der Waals surface area contributed by atoms with Crippen molar-refractivity contribution in [3.8, 4) is 17.0 Å². The van der Waals surface area contributed by atoms with E-state index in [2.05, 4.69) is 33.5 Å². The molecule has 28 heavy (non-hydrogen) atoms. The number of amides is 1. The number of carbonyl (C=O) groups excluding carboxylic acids is 1. The molecular weight excluding hydrogens is 350 g/mol. The number of hydrogen-bond acceptors (Lipinski definition) is 4. The van der Waals surface area contributed by atoms with Crippen molar-refractivity contribution >= 4 is 5.91 Å². The van der Waals surface area contributed by atoms with E-state index in [0.717, 1.165) is 41.8 Å².